The van der Waals surface area contributed by atoms with Crippen LogP contribution in [0.2, 0.25) is 0 Å². The molecule has 88 valence electrons. The van der Waals surface area contributed by atoms with E-state index in [1.165, 1.54) is 0 Å². The molecule has 1 aromatic heterocycles. The SMILES string of the molecule is CC(C)(C)S(=O)/N=C1\CCCn2cncc21. The molecule has 0 aromatic carbocycles. The molecule has 4 nitrogen and oxygen atoms in total. The molecule has 1 atom stereocenters. The number of aromatic nitrogens is 2. The van der Waals surface area contributed by atoms with Crippen molar-refractivity contribution in [2.24, 2.45) is 4.40 Å². The number of fused-ring (bicyclic) bond motifs is 1. The Bertz CT molecular complexity index is 442. The van der Waals surface area contributed by atoms with Gasteiger partial charge >= 0.3 is 0 Å². The van der Waals surface area contributed by atoms with E-state index in [9.17, 15) is 4.21 Å². The van der Waals surface area contributed by atoms with Crippen LogP contribution in [0.5, 0.6) is 0 Å². The van der Waals surface area contributed by atoms with Crippen molar-refractivity contribution in [3.8, 4) is 0 Å². The van der Waals surface area contributed by atoms with Gasteiger partial charge in [-0.1, -0.05) is 0 Å². The minimum atomic E-state index is -1.18. The van der Waals surface area contributed by atoms with Crippen molar-refractivity contribution in [2.45, 2.75) is 44.9 Å². The highest BCUT2D eigenvalue weighted by molar-refractivity contribution is 7.85. The molecule has 2 heterocycles. The second kappa shape index (κ2) is 4.13. The molecule has 0 saturated heterocycles. The van der Waals surface area contributed by atoms with Gasteiger partial charge in [0.1, 0.15) is 11.0 Å². The van der Waals surface area contributed by atoms with Gasteiger partial charge < -0.3 is 4.57 Å². The molecule has 0 radical (unpaired) electrons. The quantitative estimate of drug-likeness (QED) is 0.751. The van der Waals surface area contributed by atoms with Crippen molar-refractivity contribution < 1.29 is 4.21 Å². The van der Waals surface area contributed by atoms with E-state index in [4.69, 9.17) is 0 Å². The number of rotatable bonds is 1. The predicted molar refractivity (Wildman–Crippen MR) is 65.9 cm³/mol. The first kappa shape index (κ1) is 11.5. The average molecular weight is 239 g/mol. The molecule has 1 unspecified atom stereocenters. The molecule has 0 saturated carbocycles. The Morgan fingerprint density at radius 1 is 1.50 bits per heavy atom. The monoisotopic (exact) mass is 239 g/mol. The Hall–Kier alpha value is -0.970. The first-order valence-corrected chi connectivity index (χ1v) is 6.59. The Morgan fingerprint density at radius 2 is 2.25 bits per heavy atom. The van der Waals surface area contributed by atoms with Crippen LogP contribution in [0.4, 0.5) is 0 Å². The fraction of sp³-hybridized carbons (Fsp3) is 0.636. The molecule has 0 bridgehead atoms. The molecule has 0 spiro atoms. The van der Waals surface area contributed by atoms with E-state index in [1.807, 2.05) is 27.1 Å². The summed E-state index contributed by atoms with van der Waals surface area (Å²) < 4.78 is 18.1. The summed E-state index contributed by atoms with van der Waals surface area (Å²) in [5.41, 5.74) is 1.95. The summed E-state index contributed by atoms with van der Waals surface area (Å²) in [6, 6.07) is 0. The van der Waals surface area contributed by atoms with Crippen molar-refractivity contribution in [2.75, 3.05) is 0 Å². The van der Waals surface area contributed by atoms with Crippen molar-refractivity contribution >= 4 is 16.7 Å². The van der Waals surface area contributed by atoms with E-state index < -0.39 is 11.0 Å². The van der Waals surface area contributed by atoms with E-state index in [0.29, 0.717) is 0 Å². The topological polar surface area (TPSA) is 47.2 Å². The van der Waals surface area contributed by atoms with Gasteiger partial charge in [0.15, 0.2) is 0 Å². The third-order valence-electron chi connectivity index (χ3n) is 2.54. The first-order valence-electron chi connectivity index (χ1n) is 5.48. The molecule has 2 rings (SSSR count). The van der Waals surface area contributed by atoms with Gasteiger partial charge in [0.25, 0.3) is 0 Å². The van der Waals surface area contributed by atoms with Gasteiger partial charge in [-0.05, 0) is 33.6 Å². The largest absolute Gasteiger partial charge is 0.330 e. The summed E-state index contributed by atoms with van der Waals surface area (Å²) in [6.45, 7) is 6.80. The van der Waals surface area contributed by atoms with Crippen LogP contribution in [0.15, 0.2) is 16.9 Å². The third kappa shape index (κ3) is 2.24. The zero-order chi connectivity index (χ0) is 11.8. The zero-order valence-electron chi connectivity index (χ0n) is 9.93. The maximum atomic E-state index is 12.0. The van der Waals surface area contributed by atoms with Gasteiger partial charge in [-0.3, -0.25) is 0 Å². The molecule has 0 N–H and O–H groups in total. The standard InChI is InChI=1S/C11H17N3OS/c1-11(2,3)16(15)13-9-5-4-6-14-8-12-7-10(9)14/h7-8H,4-6H2,1-3H3/b13-9+. The summed E-state index contributed by atoms with van der Waals surface area (Å²) >= 11 is 0. The third-order valence-corrected chi connectivity index (χ3v) is 3.97. The van der Waals surface area contributed by atoms with E-state index in [0.717, 1.165) is 30.8 Å². The number of hydrogen-bond acceptors (Lipinski definition) is 2. The highest BCUT2D eigenvalue weighted by atomic mass is 32.2. The number of nitrogens with zero attached hydrogens (tertiary/aromatic N) is 3. The van der Waals surface area contributed by atoms with Gasteiger partial charge in [0, 0.05) is 6.54 Å². The molecule has 0 amide bonds. The van der Waals surface area contributed by atoms with Crippen LogP contribution in [0.3, 0.4) is 0 Å². The molecule has 1 aliphatic rings. The minimum Gasteiger partial charge on any atom is -0.330 e. The van der Waals surface area contributed by atoms with Crippen LogP contribution in [0.25, 0.3) is 0 Å². The van der Waals surface area contributed by atoms with E-state index in [-0.39, 0.29) is 4.75 Å². The molecule has 1 aliphatic heterocycles. The van der Waals surface area contributed by atoms with Gasteiger partial charge in [-0.15, -0.1) is 0 Å². The normalized spacial score (nSPS) is 20.8. The molecule has 0 aliphatic carbocycles. The lowest BCUT2D eigenvalue weighted by Gasteiger charge is -2.18. The lowest BCUT2D eigenvalue weighted by Crippen LogP contribution is -2.23. The highest BCUT2D eigenvalue weighted by Gasteiger charge is 2.22. The molecule has 1 aromatic rings. The summed E-state index contributed by atoms with van der Waals surface area (Å²) in [5.74, 6) is 0. The summed E-state index contributed by atoms with van der Waals surface area (Å²) in [6.07, 6.45) is 5.55. The highest BCUT2D eigenvalue weighted by Crippen LogP contribution is 2.19. The van der Waals surface area contributed by atoms with Crippen LogP contribution in [0.1, 0.15) is 39.3 Å². The van der Waals surface area contributed by atoms with E-state index in [1.54, 1.807) is 6.20 Å². The Kier molecular flexibility index (Phi) is 2.97. The van der Waals surface area contributed by atoms with Gasteiger partial charge in [-0.2, -0.15) is 4.40 Å². The summed E-state index contributed by atoms with van der Waals surface area (Å²) in [7, 11) is -1.18. The second-order valence-electron chi connectivity index (χ2n) is 4.98. The minimum absolute atomic E-state index is 0.296. The molecule has 0 fully saturated rings. The lowest BCUT2D eigenvalue weighted by molar-refractivity contribution is 0.627. The van der Waals surface area contributed by atoms with Gasteiger partial charge in [-0.25, -0.2) is 9.19 Å². The second-order valence-corrected chi connectivity index (χ2v) is 6.88. The summed E-state index contributed by atoms with van der Waals surface area (Å²) in [4.78, 5) is 4.11. The number of hydrogen-bond donors (Lipinski definition) is 0. The van der Waals surface area contributed by atoms with Crippen molar-refractivity contribution in [1.29, 1.82) is 0 Å². The van der Waals surface area contributed by atoms with Crippen LogP contribution < -0.4 is 0 Å². The van der Waals surface area contributed by atoms with Crippen molar-refractivity contribution in [1.82, 2.24) is 9.55 Å². The summed E-state index contributed by atoms with van der Waals surface area (Å²) in [5, 5.41) is 0. The predicted octanol–water partition coefficient (Wildman–Crippen LogP) is 1.93. The van der Waals surface area contributed by atoms with Crippen molar-refractivity contribution in [3.05, 3.63) is 18.2 Å². The molecule has 5 heteroatoms. The van der Waals surface area contributed by atoms with Crippen LogP contribution >= 0.6 is 0 Å². The number of imidazole rings is 1. The smallest absolute Gasteiger partial charge is 0.145 e. The van der Waals surface area contributed by atoms with Gasteiger partial charge in [0.2, 0.25) is 0 Å². The van der Waals surface area contributed by atoms with E-state index in [2.05, 4.69) is 13.9 Å². The van der Waals surface area contributed by atoms with Crippen LogP contribution in [-0.4, -0.2) is 24.2 Å². The number of aryl methyl sites for hydroxylation is 1. The van der Waals surface area contributed by atoms with Crippen LogP contribution in [-0.2, 0) is 17.5 Å². The fourth-order valence-electron chi connectivity index (χ4n) is 1.61. The Balaban J connectivity index is 2.31. The average Bonchev–Trinajstić information content (AvgIpc) is 2.65. The van der Waals surface area contributed by atoms with Crippen molar-refractivity contribution in [3.63, 3.8) is 0 Å². The van der Waals surface area contributed by atoms with Crippen LogP contribution in [0, 0.1) is 0 Å². The fourth-order valence-corrected chi connectivity index (χ4v) is 2.27. The maximum Gasteiger partial charge on any atom is 0.145 e. The Labute approximate surface area is 98.4 Å². The lowest BCUT2D eigenvalue weighted by atomic mass is 10.1. The molecular formula is C11H17N3OS. The zero-order valence-corrected chi connectivity index (χ0v) is 10.8. The van der Waals surface area contributed by atoms with Gasteiger partial charge in [0.05, 0.1) is 28.7 Å². The molecule has 16 heavy (non-hydrogen) atoms. The van der Waals surface area contributed by atoms with E-state index >= 15 is 0 Å². The Morgan fingerprint density at radius 3 is 2.94 bits per heavy atom. The maximum absolute atomic E-state index is 12.0. The molecular weight excluding hydrogens is 222 g/mol. The first-order chi connectivity index (χ1) is 7.48.